The number of amides is 3. The van der Waals surface area contributed by atoms with Gasteiger partial charge in [-0.1, -0.05) is 61.2 Å². The van der Waals surface area contributed by atoms with Crippen LogP contribution < -0.4 is 5.32 Å². The Labute approximate surface area is 233 Å². The van der Waals surface area contributed by atoms with E-state index in [1.807, 2.05) is 6.92 Å². The molecule has 0 aromatic heterocycles. The molecule has 1 saturated carbocycles. The standard InChI is InChI=1S/C27H31Cl2N3O5S/c1-2-23(26(34)30-18-9-3-4-10-18)31(17-20-21(28)12-7-13-22(20)29)25(33)15-8-16-32-27(35)19-11-5-6-14-24(19)38(32,36)37/h5-7,11-14,18,23H,2-4,8-10,15-17H2,1H3,(H,30,34). The van der Waals surface area contributed by atoms with E-state index in [4.69, 9.17) is 23.2 Å². The van der Waals surface area contributed by atoms with Crippen molar-refractivity contribution in [3.05, 3.63) is 63.6 Å². The molecule has 1 N–H and O–H groups in total. The molecular formula is C27H31Cl2N3O5S. The molecule has 0 saturated heterocycles. The molecule has 2 aliphatic rings. The van der Waals surface area contributed by atoms with Crippen molar-refractivity contribution in [2.24, 2.45) is 0 Å². The van der Waals surface area contributed by atoms with Crippen LogP contribution in [0.25, 0.3) is 0 Å². The predicted octanol–water partition coefficient (Wildman–Crippen LogP) is 4.78. The summed E-state index contributed by atoms with van der Waals surface area (Å²) < 4.78 is 26.5. The van der Waals surface area contributed by atoms with Crippen molar-refractivity contribution < 1.29 is 22.8 Å². The smallest absolute Gasteiger partial charge is 0.269 e. The van der Waals surface area contributed by atoms with Crippen LogP contribution in [0.15, 0.2) is 47.4 Å². The second-order valence-electron chi connectivity index (χ2n) is 9.62. The molecule has 11 heteroatoms. The summed E-state index contributed by atoms with van der Waals surface area (Å²) in [4.78, 5) is 41.0. The molecule has 1 fully saturated rings. The minimum absolute atomic E-state index is 0.0269. The highest BCUT2D eigenvalue weighted by molar-refractivity contribution is 7.90. The molecule has 1 aliphatic carbocycles. The lowest BCUT2D eigenvalue weighted by atomic mass is 10.1. The van der Waals surface area contributed by atoms with E-state index in [1.54, 1.807) is 30.3 Å². The van der Waals surface area contributed by atoms with Crippen LogP contribution >= 0.6 is 23.2 Å². The third-order valence-electron chi connectivity index (χ3n) is 7.14. The number of rotatable bonds is 10. The third-order valence-corrected chi connectivity index (χ3v) is 9.69. The van der Waals surface area contributed by atoms with Crippen molar-refractivity contribution in [2.75, 3.05) is 6.54 Å². The van der Waals surface area contributed by atoms with Crippen molar-refractivity contribution in [2.45, 2.75) is 75.4 Å². The van der Waals surface area contributed by atoms with Gasteiger partial charge in [0.05, 0.1) is 5.56 Å². The Bertz CT molecular complexity index is 1310. The minimum atomic E-state index is -3.96. The fourth-order valence-corrected chi connectivity index (χ4v) is 7.23. The number of carbonyl (C=O) groups excluding carboxylic acids is 3. The van der Waals surface area contributed by atoms with Gasteiger partial charge in [0.2, 0.25) is 11.8 Å². The average Bonchev–Trinajstić information content (AvgIpc) is 3.46. The topological polar surface area (TPSA) is 104 Å². The van der Waals surface area contributed by atoms with Gasteiger partial charge in [0.1, 0.15) is 10.9 Å². The highest BCUT2D eigenvalue weighted by atomic mass is 35.5. The maximum absolute atomic E-state index is 13.6. The van der Waals surface area contributed by atoms with Gasteiger partial charge in [0.15, 0.2) is 0 Å². The fourth-order valence-electron chi connectivity index (χ4n) is 5.11. The second kappa shape index (κ2) is 12.1. The summed E-state index contributed by atoms with van der Waals surface area (Å²) >= 11 is 12.8. The molecular weight excluding hydrogens is 549 g/mol. The van der Waals surface area contributed by atoms with E-state index in [0.29, 0.717) is 22.0 Å². The van der Waals surface area contributed by atoms with E-state index >= 15 is 0 Å². The van der Waals surface area contributed by atoms with Crippen molar-refractivity contribution in [1.82, 2.24) is 14.5 Å². The number of sulfonamides is 1. The van der Waals surface area contributed by atoms with Gasteiger partial charge < -0.3 is 10.2 Å². The van der Waals surface area contributed by atoms with Crippen LogP contribution in [0.2, 0.25) is 10.0 Å². The number of hydrogen-bond donors (Lipinski definition) is 1. The lowest BCUT2D eigenvalue weighted by molar-refractivity contribution is -0.141. The molecule has 3 amide bonds. The van der Waals surface area contributed by atoms with E-state index in [-0.39, 0.29) is 54.2 Å². The van der Waals surface area contributed by atoms with Crippen molar-refractivity contribution >= 4 is 50.9 Å². The molecule has 1 heterocycles. The zero-order valence-corrected chi connectivity index (χ0v) is 23.5. The van der Waals surface area contributed by atoms with Crippen LogP contribution in [0.4, 0.5) is 0 Å². The molecule has 204 valence electrons. The van der Waals surface area contributed by atoms with E-state index in [1.165, 1.54) is 17.0 Å². The van der Waals surface area contributed by atoms with E-state index in [2.05, 4.69) is 5.32 Å². The summed E-state index contributed by atoms with van der Waals surface area (Å²) in [7, 11) is -3.96. The molecule has 1 unspecified atom stereocenters. The number of fused-ring (bicyclic) bond motifs is 1. The molecule has 2 aromatic carbocycles. The molecule has 8 nitrogen and oxygen atoms in total. The predicted molar refractivity (Wildman–Crippen MR) is 145 cm³/mol. The van der Waals surface area contributed by atoms with Crippen LogP contribution in [-0.2, 0) is 26.2 Å². The molecule has 1 atom stereocenters. The van der Waals surface area contributed by atoms with Crippen molar-refractivity contribution in [3.8, 4) is 0 Å². The zero-order valence-electron chi connectivity index (χ0n) is 21.2. The molecule has 1 aliphatic heterocycles. The van der Waals surface area contributed by atoms with Gasteiger partial charge in [0, 0.05) is 41.2 Å². The van der Waals surface area contributed by atoms with Crippen LogP contribution in [0, 0.1) is 0 Å². The Morgan fingerprint density at radius 3 is 2.37 bits per heavy atom. The van der Waals surface area contributed by atoms with E-state index in [9.17, 15) is 22.8 Å². The molecule has 2 aromatic rings. The summed E-state index contributed by atoms with van der Waals surface area (Å²) in [6.45, 7) is 1.72. The Morgan fingerprint density at radius 1 is 1.08 bits per heavy atom. The van der Waals surface area contributed by atoms with E-state index < -0.39 is 22.0 Å². The summed E-state index contributed by atoms with van der Waals surface area (Å²) in [6.07, 6.45) is 4.35. The Hall–Kier alpha value is -2.62. The van der Waals surface area contributed by atoms with Gasteiger partial charge in [-0.3, -0.25) is 14.4 Å². The number of hydrogen-bond acceptors (Lipinski definition) is 5. The molecule has 0 spiro atoms. The first-order valence-electron chi connectivity index (χ1n) is 12.8. The van der Waals surface area contributed by atoms with Crippen molar-refractivity contribution in [3.63, 3.8) is 0 Å². The van der Waals surface area contributed by atoms with Crippen LogP contribution in [0.5, 0.6) is 0 Å². The first kappa shape index (κ1) is 28.4. The monoisotopic (exact) mass is 579 g/mol. The summed E-state index contributed by atoms with van der Waals surface area (Å²) in [5.41, 5.74) is 0.660. The highest BCUT2D eigenvalue weighted by Gasteiger charge is 2.40. The highest BCUT2D eigenvalue weighted by Crippen LogP contribution is 2.31. The third kappa shape index (κ3) is 5.84. The summed E-state index contributed by atoms with van der Waals surface area (Å²) in [6, 6.07) is 10.4. The largest absolute Gasteiger partial charge is 0.352 e. The Kier molecular flexibility index (Phi) is 9.00. The van der Waals surface area contributed by atoms with Crippen LogP contribution in [0.3, 0.4) is 0 Å². The molecule has 0 radical (unpaired) electrons. The normalized spacial score (nSPS) is 17.3. The van der Waals surface area contributed by atoms with Gasteiger partial charge >= 0.3 is 0 Å². The van der Waals surface area contributed by atoms with Gasteiger partial charge in [-0.25, -0.2) is 12.7 Å². The van der Waals surface area contributed by atoms with Crippen LogP contribution in [0.1, 0.15) is 67.8 Å². The van der Waals surface area contributed by atoms with Crippen molar-refractivity contribution in [1.29, 1.82) is 0 Å². The average molecular weight is 581 g/mol. The Morgan fingerprint density at radius 2 is 1.74 bits per heavy atom. The minimum Gasteiger partial charge on any atom is -0.352 e. The van der Waals surface area contributed by atoms with Crippen LogP contribution in [-0.4, -0.2) is 54.0 Å². The Balaban J connectivity index is 1.50. The molecule has 0 bridgehead atoms. The van der Waals surface area contributed by atoms with Gasteiger partial charge in [-0.15, -0.1) is 0 Å². The number of nitrogens with one attached hydrogen (secondary N) is 1. The number of benzene rings is 2. The lowest BCUT2D eigenvalue weighted by Gasteiger charge is -2.32. The quantitative estimate of drug-likeness (QED) is 0.436. The van der Waals surface area contributed by atoms with Gasteiger partial charge in [-0.2, -0.15) is 0 Å². The lowest BCUT2D eigenvalue weighted by Crippen LogP contribution is -2.51. The summed E-state index contributed by atoms with van der Waals surface area (Å²) in [5, 5.41) is 3.84. The number of nitrogens with zero attached hydrogens (tertiary/aromatic N) is 2. The SMILES string of the molecule is CCC(C(=O)NC1CCCC1)N(Cc1c(Cl)cccc1Cl)C(=O)CCCN1C(=O)c2ccccc2S1(=O)=O. The molecule has 38 heavy (non-hydrogen) atoms. The number of halogens is 2. The van der Waals surface area contributed by atoms with E-state index in [0.717, 1.165) is 30.0 Å². The number of carbonyl (C=O) groups is 3. The first-order valence-corrected chi connectivity index (χ1v) is 15.0. The van der Waals surface area contributed by atoms with Gasteiger partial charge in [-0.05, 0) is 49.9 Å². The summed E-state index contributed by atoms with van der Waals surface area (Å²) in [5.74, 6) is -1.19. The maximum Gasteiger partial charge on any atom is 0.269 e. The first-order chi connectivity index (χ1) is 18.1. The second-order valence-corrected chi connectivity index (χ2v) is 12.3. The fraction of sp³-hybridized carbons (Fsp3) is 0.444. The molecule has 4 rings (SSSR count). The van der Waals surface area contributed by atoms with Gasteiger partial charge in [0.25, 0.3) is 15.9 Å². The maximum atomic E-state index is 13.6. The zero-order chi connectivity index (χ0) is 27.4.